The molecule has 0 saturated heterocycles. The van der Waals surface area contributed by atoms with Crippen LogP contribution in [0.25, 0.3) is 0 Å². The van der Waals surface area contributed by atoms with Gasteiger partial charge in [-0.2, -0.15) is 0 Å². The van der Waals surface area contributed by atoms with Crippen molar-refractivity contribution in [1.82, 2.24) is 4.98 Å². The Balaban J connectivity index is 3.07. The Morgan fingerprint density at radius 3 is 2.90 bits per heavy atom. The van der Waals surface area contributed by atoms with Crippen LogP contribution in [0.3, 0.4) is 0 Å². The maximum atomic E-state index is 10.1. The molecule has 1 heterocycles. The van der Waals surface area contributed by atoms with Crippen molar-refractivity contribution >= 4 is 5.82 Å². The first-order valence-electron chi connectivity index (χ1n) is 2.69. The van der Waals surface area contributed by atoms with Crippen LogP contribution in [-0.2, 0) is 0 Å². The molecule has 1 radical (unpaired) electrons. The van der Waals surface area contributed by atoms with Gasteiger partial charge in [-0.15, -0.1) is 0 Å². The van der Waals surface area contributed by atoms with Crippen LogP contribution >= 0.6 is 0 Å². The Hall–Kier alpha value is -1.45. The summed E-state index contributed by atoms with van der Waals surface area (Å²) in [5.74, 6) is -0.222. The summed E-state index contributed by atoms with van der Waals surface area (Å²) in [6.07, 6.45) is 1.39. The molecule has 0 amide bonds. The van der Waals surface area contributed by atoms with Gasteiger partial charge >= 0.3 is 5.82 Å². The quantitative estimate of drug-likeness (QED) is 0.430. The van der Waals surface area contributed by atoms with E-state index in [4.69, 9.17) is 0 Å². The summed E-state index contributed by atoms with van der Waals surface area (Å²) in [5, 5.41) is 10.1. The summed E-state index contributed by atoms with van der Waals surface area (Å²) >= 11 is 0. The molecule has 1 aromatic rings. The Morgan fingerprint density at radius 2 is 2.50 bits per heavy atom. The largest absolute Gasteiger partial charge is 0.371 e. The first-order chi connectivity index (χ1) is 4.70. The van der Waals surface area contributed by atoms with Crippen molar-refractivity contribution in [3.63, 3.8) is 0 Å². The van der Waals surface area contributed by atoms with Crippen LogP contribution in [0.5, 0.6) is 0 Å². The summed E-state index contributed by atoms with van der Waals surface area (Å²) in [7, 11) is 0. The average Bonchev–Trinajstić information content (AvgIpc) is 1.88. The third-order valence-corrected chi connectivity index (χ3v) is 1.00. The minimum absolute atomic E-state index is 0.222. The summed E-state index contributed by atoms with van der Waals surface area (Å²) < 4.78 is 0. The number of pyridine rings is 1. The van der Waals surface area contributed by atoms with E-state index < -0.39 is 4.92 Å². The summed E-state index contributed by atoms with van der Waals surface area (Å²) in [5.41, 5.74) is 0.724. The highest BCUT2D eigenvalue weighted by atomic mass is 16.6. The van der Waals surface area contributed by atoms with E-state index in [9.17, 15) is 10.1 Å². The molecule has 0 saturated carbocycles. The van der Waals surface area contributed by atoms with Crippen LogP contribution < -0.4 is 0 Å². The normalized spacial score (nSPS) is 9.30. The van der Waals surface area contributed by atoms with E-state index in [-0.39, 0.29) is 5.82 Å². The molecule has 4 heteroatoms. The lowest BCUT2D eigenvalue weighted by molar-refractivity contribution is -0.389. The minimum atomic E-state index is -0.562. The van der Waals surface area contributed by atoms with E-state index in [1.807, 2.05) is 0 Å². The lowest BCUT2D eigenvalue weighted by atomic mass is 10.3. The zero-order chi connectivity index (χ0) is 7.56. The second-order valence-corrected chi connectivity index (χ2v) is 1.83. The number of aryl methyl sites for hydroxylation is 1. The third kappa shape index (κ3) is 1.28. The van der Waals surface area contributed by atoms with Crippen LogP contribution in [0, 0.1) is 23.1 Å². The van der Waals surface area contributed by atoms with Crippen molar-refractivity contribution < 1.29 is 4.92 Å². The fourth-order valence-corrected chi connectivity index (χ4v) is 0.563. The molecule has 0 aromatic carbocycles. The predicted molar refractivity (Wildman–Crippen MR) is 34.5 cm³/mol. The topological polar surface area (TPSA) is 56.0 Å². The summed E-state index contributed by atoms with van der Waals surface area (Å²) in [6.45, 7) is 1.73. The van der Waals surface area contributed by atoms with E-state index in [1.165, 1.54) is 6.20 Å². The van der Waals surface area contributed by atoms with Crippen LogP contribution in [0.4, 0.5) is 5.82 Å². The first-order valence-corrected chi connectivity index (χ1v) is 2.69. The van der Waals surface area contributed by atoms with Crippen LogP contribution in [0.15, 0.2) is 12.3 Å². The average molecular weight is 137 g/mol. The van der Waals surface area contributed by atoms with E-state index >= 15 is 0 Å². The van der Waals surface area contributed by atoms with Gasteiger partial charge in [0.05, 0.1) is 6.07 Å². The number of hydrogen-bond acceptors (Lipinski definition) is 3. The van der Waals surface area contributed by atoms with Gasteiger partial charge in [-0.1, -0.05) is 0 Å². The van der Waals surface area contributed by atoms with Gasteiger partial charge in [-0.05, 0) is 28.5 Å². The number of nitro groups is 1. The highest BCUT2D eigenvalue weighted by Crippen LogP contribution is 2.05. The highest BCUT2D eigenvalue weighted by Gasteiger charge is 2.04. The van der Waals surface area contributed by atoms with E-state index in [0.29, 0.717) is 0 Å². The molecule has 0 atom stereocenters. The number of rotatable bonds is 1. The molecule has 0 aliphatic heterocycles. The molecule has 0 spiro atoms. The van der Waals surface area contributed by atoms with Gasteiger partial charge in [0.1, 0.15) is 6.20 Å². The van der Waals surface area contributed by atoms with Crippen molar-refractivity contribution in [1.29, 1.82) is 0 Å². The standard InChI is InChI=1S/C6H5N2O2/c1-5-2-3-7-6(4-5)8(9)10/h2-3H,1H3. The van der Waals surface area contributed by atoms with Crippen LogP contribution in [-0.4, -0.2) is 9.91 Å². The van der Waals surface area contributed by atoms with Gasteiger partial charge < -0.3 is 10.1 Å². The fourth-order valence-electron chi connectivity index (χ4n) is 0.563. The number of nitrogens with zero attached hydrogens (tertiary/aromatic N) is 2. The Labute approximate surface area is 57.7 Å². The maximum absolute atomic E-state index is 10.1. The monoisotopic (exact) mass is 137 g/mol. The molecule has 0 unspecified atom stereocenters. The molecular formula is C6H5N2O2. The van der Waals surface area contributed by atoms with Gasteiger partial charge in [0.15, 0.2) is 0 Å². The molecule has 10 heavy (non-hydrogen) atoms. The second-order valence-electron chi connectivity index (χ2n) is 1.83. The van der Waals surface area contributed by atoms with Gasteiger partial charge in [-0.3, -0.25) is 0 Å². The Bertz CT molecular complexity index is 260. The number of hydrogen-bond donors (Lipinski definition) is 0. The lowest BCUT2D eigenvalue weighted by Gasteiger charge is -1.89. The molecular weight excluding hydrogens is 132 g/mol. The molecule has 0 aliphatic carbocycles. The van der Waals surface area contributed by atoms with Crippen molar-refractivity contribution in [2.75, 3.05) is 0 Å². The molecule has 1 aromatic heterocycles. The minimum Gasteiger partial charge on any atom is -0.358 e. The molecule has 0 bridgehead atoms. The van der Waals surface area contributed by atoms with E-state index in [1.54, 1.807) is 13.0 Å². The zero-order valence-corrected chi connectivity index (χ0v) is 5.37. The van der Waals surface area contributed by atoms with E-state index in [2.05, 4.69) is 11.1 Å². The molecule has 0 fully saturated rings. The van der Waals surface area contributed by atoms with Crippen molar-refractivity contribution in [3.05, 3.63) is 34.0 Å². The van der Waals surface area contributed by atoms with Gasteiger partial charge in [0, 0.05) is 0 Å². The zero-order valence-electron chi connectivity index (χ0n) is 5.37. The first kappa shape index (κ1) is 6.67. The van der Waals surface area contributed by atoms with Gasteiger partial charge in [0.2, 0.25) is 0 Å². The van der Waals surface area contributed by atoms with Crippen LogP contribution in [0.1, 0.15) is 5.56 Å². The highest BCUT2D eigenvalue weighted by molar-refractivity contribution is 5.21. The second kappa shape index (κ2) is 2.43. The molecule has 51 valence electrons. The Kier molecular flexibility index (Phi) is 1.62. The van der Waals surface area contributed by atoms with E-state index in [0.717, 1.165) is 5.56 Å². The summed E-state index contributed by atoms with van der Waals surface area (Å²) in [4.78, 5) is 13.0. The smallest absolute Gasteiger partial charge is 0.358 e. The van der Waals surface area contributed by atoms with Gasteiger partial charge in [-0.25, -0.2) is 0 Å². The van der Waals surface area contributed by atoms with Crippen molar-refractivity contribution in [3.8, 4) is 0 Å². The lowest BCUT2D eigenvalue weighted by Crippen LogP contribution is -1.91. The van der Waals surface area contributed by atoms with Gasteiger partial charge in [0.25, 0.3) is 0 Å². The number of aromatic nitrogens is 1. The van der Waals surface area contributed by atoms with Crippen LogP contribution in [0.2, 0.25) is 0 Å². The van der Waals surface area contributed by atoms with Crippen molar-refractivity contribution in [2.24, 2.45) is 0 Å². The molecule has 0 aliphatic rings. The fraction of sp³-hybridized carbons (Fsp3) is 0.167. The maximum Gasteiger partial charge on any atom is 0.371 e. The van der Waals surface area contributed by atoms with Crippen molar-refractivity contribution in [2.45, 2.75) is 6.92 Å². The molecule has 4 nitrogen and oxygen atoms in total. The summed E-state index contributed by atoms with van der Waals surface area (Å²) in [6, 6.07) is 4.16. The predicted octanol–water partition coefficient (Wildman–Crippen LogP) is 1.10. The SMILES string of the molecule is Cc1[c]c([N+](=O)[O-])ncc1. The molecule has 0 N–H and O–H groups in total. The molecule has 1 rings (SSSR count). The Morgan fingerprint density at radius 1 is 1.80 bits per heavy atom. The third-order valence-electron chi connectivity index (χ3n) is 1.00.